The van der Waals surface area contributed by atoms with Crippen molar-refractivity contribution in [2.75, 3.05) is 34.2 Å². The van der Waals surface area contributed by atoms with Crippen molar-refractivity contribution in [3.63, 3.8) is 0 Å². The zero-order valence-electron chi connectivity index (χ0n) is 11.9. The van der Waals surface area contributed by atoms with E-state index in [0.717, 1.165) is 25.9 Å². The van der Waals surface area contributed by atoms with Crippen molar-refractivity contribution in [1.29, 1.82) is 0 Å². The largest absolute Gasteiger partial charge is 0.377 e. The highest BCUT2D eigenvalue weighted by atomic mass is 16.3. The molecule has 0 aromatic carbocycles. The molecule has 1 heterocycles. The van der Waals surface area contributed by atoms with E-state index in [1.54, 1.807) is 0 Å². The number of rotatable bonds is 1. The summed E-state index contributed by atoms with van der Waals surface area (Å²) in [6.07, 6.45) is 5.69. The average Bonchev–Trinajstić information content (AvgIpc) is 2.34. The molecule has 1 saturated carbocycles. The molecule has 0 aromatic rings. The van der Waals surface area contributed by atoms with Crippen molar-refractivity contribution >= 4 is 0 Å². The number of fused-ring (bicyclic) bond motifs is 1. The van der Waals surface area contributed by atoms with Gasteiger partial charge in [0.25, 0.3) is 0 Å². The Morgan fingerprint density at radius 1 is 1.33 bits per heavy atom. The molecular formula is C15H26N2O. The smallest absolute Gasteiger partial charge is 0.131 e. The SMILES string of the molecule is CN(C)CC#C[C@@]1(O)CCN(C)[C@H]2CCCC[C@@H]21. The summed E-state index contributed by atoms with van der Waals surface area (Å²) < 4.78 is 0. The van der Waals surface area contributed by atoms with Crippen LogP contribution in [0.25, 0.3) is 0 Å². The van der Waals surface area contributed by atoms with Gasteiger partial charge >= 0.3 is 0 Å². The second kappa shape index (κ2) is 5.61. The Labute approximate surface area is 111 Å². The minimum atomic E-state index is -0.742. The summed E-state index contributed by atoms with van der Waals surface area (Å²) in [5.74, 6) is 6.68. The zero-order valence-corrected chi connectivity index (χ0v) is 11.9. The molecule has 0 bridgehead atoms. The van der Waals surface area contributed by atoms with E-state index in [2.05, 4.69) is 23.8 Å². The first kappa shape index (κ1) is 13.9. The van der Waals surface area contributed by atoms with Gasteiger partial charge in [0.05, 0.1) is 6.54 Å². The summed E-state index contributed by atoms with van der Waals surface area (Å²) in [7, 11) is 6.21. The maximum absolute atomic E-state index is 10.9. The standard InChI is InChI=1S/C15H26N2O/c1-16(2)11-6-9-15(18)10-12-17(3)14-8-5-4-7-13(14)15/h13-14,18H,4-5,7-8,10-12H2,1-3H3/t13-,14-,15+/m0/s1. The summed E-state index contributed by atoms with van der Waals surface area (Å²) >= 11 is 0. The number of hydrogen-bond acceptors (Lipinski definition) is 3. The molecule has 0 aromatic heterocycles. The van der Waals surface area contributed by atoms with Crippen LogP contribution in [0.4, 0.5) is 0 Å². The predicted octanol–water partition coefficient (Wildman–Crippen LogP) is 1.18. The summed E-state index contributed by atoms with van der Waals surface area (Å²) in [6.45, 7) is 1.70. The number of aliphatic hydroxyl groups is 1. The Morgan fingerprint density at radius 2 is 2.06 bits per heavy atom. The molecule has 0 radical (unpaired) electrons. The maximum atomic E-state index is 10.9. The van der Waals surface area contributed by atoms with Crippen LogP contribution >= 0.6 is 0 Å². The van der Waals surface area contributed by atoms with Gasteiger partial charge in [-0.3, -0.25) is 4.90 Å². The van der Waals surface area contributed by atoms with Crippen molar-refractivity contribution in [3.8, 4) is 11.8 Å². The molecule has 102 valence electrons. The average molecular weight is 250 g/mol. The number of hydrogen-bond donors (Lipinski definition) is 1. The molecular weight excluding hydrogens is 224 g/mol. The van der Waals surface area contributed by atoms with Crippen LogP contribution in [0, 0.1) is 17.8 Å². The lowest BCUT2D eigenvalue weighted by atomic mass is 9.69. The van der Waals surface area contributed by atoms with Gasteiger partial charge in [-0.15, -0.1) is 0 Å². The van der Waals surface area contributed by atoms with Gasteiger partial charge in [-0.1, -0.05) is 24.7 Å². The summed E-state index contributed by atoms with van der Waals surface area (Å²) in [4.78, 5) is 4.47. The van der Waals surface area contributed by atoms with Gasteiger partial charge in [-0.25, -0.2) is 0 Å². The Morgan fingerprint density at radius 3 is 2.78 bits per heavy atom. The lowest BCUT2D eigenvalue weighted by Crippen LogP contribution is -2.57. The zero-order chi connectivity index (χ0) is 13.2. The molecule has 2 aliphatic rings. The third-order valence-corrected chi connectivity index (χ3v) is 4.45. The number of piperidine rings is 1. The molecule has 2 fully saturated rings. The Hall–Kier alpha value is -0.560. The van der Waals surface area contributed by atoms with Crippen molar-refractivity contribution in [3.05, 3.63) is 0 Å². The molecule has 1 aliphatic heterocycles. The van der Waals surface area contributed by atoms with Crippen molar-refractivity contribution in [2.45, 2.75) is 43.7 Å². The minimum absolute atomic E-state index is 0.347. The van der Waals surface area contributed by atoms with Crippen LogP contribution in [0.3, 0.4) is 0 Å². The molecule has 3 atom stereocenters. The molecule has 3 heteroatoms. The monoisotopic (exact) mass is 250 g/mol. The third kappa shape index (κ3) is 2.88. The first-order valence-electron chi connectivity index (χ1n) is 7.10. The maximum Gasteiger partial charge on any atom is 0.131 e. The quantitative estimate of drug-likeness (QED) is 0.708. The van der Waals surface area contributed by atoms with Crippen LogP contribution in [0.1, 0.15) is 32.1 Å². The second-order valence-corrected chi connectivity index (χ2v) is 6.15. The van der Waals surface area contributed by atoms with E-state index in [9.17, 15) is 5.11 Å². The van der Waals surface area contributed by atoms with Gasteiger partial charge in [0.1, 0.15) is 5.60 Å². The molecule has 3 nitrogen and oxygen atoms in total. The number of likely N-dealkylation sites (tertiary alicyclic amines) is 1. The third-order valence-electron chi connectivity index (χ3n) is 4.45. The molecule has 1 aliphatic carbocycles. The predicted molar refractivity (Wildman–Crippen MR) is 74.3 cm³/mol. The summed E-state index contributed by atoms with van der Waals surface area (Å²) in [5.41, 5.74) is -0.742. The highest BCUT2D eigenvalue weighted by molar-refractivity contribution is 5.20. The first-order chi connectivity index (χ1) is 8.53. The summed E-state index contributed by atoms with van der Waals surface area (Å²) in [5, 5.41) is 10.9. The van der Waals surface area contributed by atoms with E-state index in [1.165, 1.54) is 19.3 Å². The second-order valence-electron chi connectivity index (χ2n) is 6.15. The Bertz CT molecular complexity index is 344. The fourth-order valence-electron chi connectivity index (χ4n) is 3.40. The van der Waals surface area contributed by atoms with Crippen LogP contribution in [0.2, 0.25) is 0 Å². The normalized spacial score (nSPS) is 36.9. The van der Waals surface area contributed by atoms with Gasteiger partial charge in [-0.05, 0) is 34.0 Å². The van der Waals surface area contributed by atoms with Crippen molar-refractivity contribution in [2.24, 2.45) is 5.92 Å². The van der Waals surface area contributed by atoms with Crippen LogP contribution in [-0.2, 0) is 0 Å². The number of nitrogens with zero attached hydrogens (tertiary/aromatic N) is 2. The fourth-order valence-corrected chi connectivity index (χ4v) is 3.40. The molecule has 18 heavy (non-hydrogen) atoms. The van der Waals surface area contributed by atoms with Crippen molar-refractivity contribution in [1.82, 2.24) is 9.80 Å². The van der Waals surface area contributed by atoms with E-state index >= 15 is 0 Å². The Kier molecular flexibility index (Phi) is 4.32. The highest BCUT2D eigenvalue weighted by Gasteiger charge is 2.46. The van der Waals surface area contributed by atoms with Crippen LogP contribution in [0.15, 0.2) is 0 Å². The van der Waals surface area contributed by atoms with E-state index < -0.39 is 5.60 Å². The first-order valence-corrected chi connectivity index (χ1v) is 7.10. The Balaban J connectivity index is 2.12. The topological polar surface area (TPSA) is 26.7 Å². The van der Waals surface area contributed by atoms with Crippen LogP contribution in [-0.4, -0.2) is 60.8 Å². The van der Waals surface area contributed by atoms with Gasteiger partial charge in [-0.2, -0.15) is 0 Å². The van der Waals surface area contributed by atoms with Crippen LogP contribution in [0.5, 0.6) is 0 Å². The molecule has 1 saturated heterocycles. The molecule has 0 spiro atoms. The van der Waals surface area contributed by atoms with Gasteiger partial charge in [0.2, 0.25) is 0 Å². The van der Waals surface area contributed by atoms with Gasteiger partial charge < -0.3 is 10.0 Å². The van der Waals surface area contributed by atoms with Gasteiger partial charge in [0.15, 0.2) is 0 Å². The molecule has 1 N–H and O–H groups in total. The van der Waals surface area contributed by atoms with E-state index in [1.807, 2.05) is 19.0 Å². The van der Waals surface area contributed by atoms with E-state index in [4.69, 9.17) is 0 Å². The lowest BCUT2D eigenvalue weighted by molar-refractivity contribution is -0.0701. The molecule has 2 rings (SSSR count). The van der Waals surface area contributed by atoms with E-state index in [0.29, 0.717) is 12.0 Å². The summed E-state index contributed by atoms with van der Waals surface area (Å²) in [6, 6.07) is 0.533. The molecule has 0 unspecified atom stereocenters. The lowest BCUT2D eigenvalue weighted by Gasteiger charge is -2.49. The highest BCUT2D eigenvalue weighted by Crippen LogP contribution is 2.40. The van der Waals surface area contributed by atoms with E-state index in [-0.39, 0.29) is 0 Å². The fraction of sp³-hybridized carbons (Fsp3) is 0.867. The van der Waals surface area contributed by atoms with Crippen LogP contribution < -0.4 is 0 Å². The minimum Gasteiger partial charge on any atom is -0.377 e. The van der Waals surface area contributed by atoms with Gasteiger partial charge in [0, 0.05) is 24.9 Å². The van der Waals surface area contributed by atoms with Crippen molar-refractivity contribution < 1.29 is 5.11 Å². The molecule has 0 amide bonds.